The number of aliphatic carboxylic acids is 1. The van der Waals surface area contributed by atoms with Crippen LogP contribution in [-0.4, -0.2) is 17.2 Å². The van der Waals surface area contributed by atoms with E-state index < -0.39 is 12.1 Å². The number of carbonyl (C=O) groups is 1. The molecule has 1 atom stereocenters. The molecule has 0 bridgehead atoms. The van der Waals surface area contributed by atoms with E-state index >= 15 is 0 Å². The molecule has 1 aromatic rings. The van der Waals surface area contributed by atoms with Gasteiger partial charge in [-0.15, -0.1) is 0 Å². The van der Waals surface area contributed by atoms with E-state index in [-0.39, 0.29) is 0 Å². The number of carboxylic acids is 1. The number of hydrogen-bond acceptors (Lipinski definition) is 2. The summed E-state index contributed by atoms with van der Waals surface area (Å²) in [5.74, 6) is -0.871. The van der Waals surface area contributed by atoms with Crippen molar-refractivity contribution in [1.29, 1.82) is 0 Å². The summed E-state index contributed by atoms with van der Waals surface area (Å²) in [6.45, 7) is 2.40. The van der Waals surface area contributed by atoms with E-state index in [1.54, 1.807) is 0 Å². The van der Waals surface area contributed by atoms with E-state index in [1.165, 1.54) is 0 Å². The maximum absolute atomic E-state index is 10.9. The fourth-order valence-corrected chi connectivity index (χ4v) is 1.44. The Bertz CT molecular complexity index is 308. The van der Waals surface area contributed by atoms with Gasteiger partial charge in [-0.3, -0.25) is 0 Å². The summed E-state index contributed by atoms with van der Waals surface area (Å²) in [6.07, 6.45) is 1.77. The number of unbranched alkanes of at least 4 members (excludes halogenated alkanes) is 1. The van der Waals surface area contributed by atoms with Gasteiger partial charge in [0.15, 0.2) is 6.10 Å². The summed E-state index contributed by atoms with van der Waals surface area (Å²) in [7, 11) is 0. The van der Waals surface area contributed by atoms with Gasteiger partial charge >= 0.3 is 5.97 Å². The quantitative estimate of drug-likeness (QED) is 0.771. The molecule has 0 saturated carbocycles. The van der Waals surface area contributed by atoms with Crippen LogP contribution in [0.5, 0.6) is 0 Å². The number of carboxylic acid groups (broad SMARTS) is 1. The third-order valence-electron chi connectivity index (χ3n) is 2.39. The summed E-state index contributed by atoms with van der Waals surface area (Å²) in [5.41, 5.74) is 1.00. The summed E-state index contributed by atoms with van der Waals surface area (Å²) < 4.78 is 5.39. The third kappa shape index (κ3) is 4.45. The van der Waals surface area contributed by atoms with Gasteiger partial charge in [-0.05, 0) is 12.0 Å². The Kier molecular flexibility index (Phi) is 5.57. The van der Waals surface area contributed by atoms with Gasteiger partial charge in [0.2, 0.25) is 0 Å². The highest BCUT2D eigenvalue weighted by Crippen LogP contribution is 2.09. The molecule has 0 spiro atoms. The minimum absolute atomic E-state index is 0.363. The highest BCUT2D eigenvalue weighted by atomic mass is 16.5. The Balaban J connectivity index is 2.41. The fourth-order valence-electron chi connectivity index (χ4n) is 1.44. The Morgan fingerprint density at radius 1 is 1.38 bits per heavy atom. The van der Waals surface area contributed by atoms with E-state index in [0.717, 1.165) is 18.4 Å². The first-order valence-corrected chi connectivity index (χ1v) is 5.62. The van der Waals surface area contributed by atoms with Crippen LogP contribution in [0.2, 0.25) is 0 Å². The second-order valence-corrected chi connectivity index (χ2v) is 3.77. The largest absolute Gasteiger partial charge is 0.479 e. The van der Waals surface area contributed by atoms with Crippen molar-refractivity contribution >= 4 is 5.97 Å². The molecule has 0 heterocycles. The Hall–Kier alpha value is -1.35. The van der Waals surface area contributed by atoms with E-state index in [4.69, 9.17) is 9.84 Å². The molecule has 0 aliphatic heterocycles. The SMILES string of the molecule is CCCC[C@H](OCc1ccccc1)C(=O)O. The molecular formula is C13H18O3. The molecule has 1 rings (SSSR count). The molecule has 0 amide bonds. The maximum Gasteiger partial charge on any atom is 0.332 e. The molecule has 3 nitrogen and oxygen atoms in total. The molecule has 0 unspecified atom stereocenters. The highest BCUT2D eigenvalue weighted by molar-refractivity contribution is 5.72. The minimum atomic E-state index is -0.871. The van der Waals surface area contributed by atoms with Crippen LogP contribution in [-0.2, 0) is 16.1 Å². The molecule has 16 heavy (non-hydrogen) atoms. The van der Waals surface area contributed by atoms with Crippen LogP contribution < -0.4 is 0 Å². The van der Waals surface area contributed by atoms with Gasteiger partial charge in [0, 0.05) is 0 Å². The van der Waals surface area contributed by atoms with Crippen molar-refractivity contribution in [3.63, 3.8) is 0 Å². The lowest BCUT2D eigenvalue weighted by molar-refractivity contribution is -0.151. The van der Waals surface area contributed by atoms with E-state index in [2.05, 4.69) is 0 Å². The Morgan fingerprint density at radius 2 is 2.06 bits per heavy atom. The highest BCUT2D eigenvalue weighted by Gasteiger charge is 2.16. The standard InChI is InChI=1S/C13H18O3/c1-2-3-9-12(13(14)15)16-10-11-7-5-4-6-8-11/h4-8,12H,2-3,9-10H2,1H3,(H,14,15)/t12-/m0/s1. The van der Waals surface area contributed by atoms with Crippen molar-refractivity contribution in [2.24, 2.45) is 0 Å². The number of rotatable bonds is 7. The van der Waals surface area contributed by atoms with Crippen LogP contribution in [0.15, 0.2) is 30.3 Å². The van der Waals surface area contributed by atoms with Crippen molar-refractivity contribution in [3.05, 3.63) is 35.9 Å². The number of ether oxygens (including phenoxy) is 1. The van der Waals surface area contributed by atoms with Crippen LogP contribution in [0.3, 0.4) is 0 Å². The molecule has 0 aliphatic carbocycles. The molecule has 1 N–H and O–H groups in total. The molecule has 0 aromatic heterocycles. The van der Waals surface area contributed by atoms with E-state index in [1.807, 2.05) is 37.3 Å². The average molecular weight is 222 g/mol. The molecule has 0 saturated heterocycles. The van der Waals surface area contributed by atoms with Crippen LogP contribution in [0, 0.1) is 0 Å². The van der Waals surface area contributed by atoms with Gasteiger partial charge in [-0.1, -0.05) is 50.1 Å². The lowest BCUT2D eigenvalue weighted by Gasteiger charge is -2.13. The molecular weight excluding hydrogens is 204 g/mol. The lowest BCUT2D eigenvalue weighted by Crippen LogP contribution is -2.23. The first-order chi connectivity index (χ1) is 7.74. The summed E-state index contributed by atoms with van der Waals surface area (Å²) in [4.78, 5) is 10.9. The first kappa shape index (κ1) is 12.7. The Morgan fingerprint density at radius 3 is 2.62 bits per heavy atom. The normalized spacial score (nSPS) is 12.3. The number of hydrogen-bond donors (Lipinski definition) is 1. The summed E-state index contributed by atoms with van der Waals surface area (Å²) >= 11 is 0. The van der Waals surface area contributed by atoms with E-state index in [9.17, 15) is 4.79 Å². The van der Waals surface area contributed by atoms with Crippen molar-refractivity contribution < 1.29 is 14.6 Å². The third-order valence-corrected chi connectivity index (χ3v) is 2.39. The second kappa shape index (κ2) is 7.01. The van der Waals surface area contributed by atoms with Gasteiger partial charge in [-0.25, -0.2) is 4.79 Å². The minimum Gasteiger partial charge on any atom is -0.479 e. The first-order valence-electron chi connectivity index (χ1n) is 5.62. The predicted molar refractivity (Wildman–Crippen MR) is 62.2 cm³/mol. The van der Waals surface area contributed by atoms with Crippen molar-refractivity contribution in [3.8, 4) is 0 Å². The van der Waals surface area contributed by atoms with Crippen LogP contribution in [0.1, 0.15) is 31.7 Å². The molecule has 88 valence electrons. The summed E-state index contributed by atoms with van der Waals surface area (Å²) in [6, 6.07) is 9.62. The average Bonchev–Trinajstić information content (AvgIpc) is 2.30. The van der Waals surface area contributed by atoms with Crippen molar-refractivity contribution in [2.45, 2.75) is 38.9 Å². The molecule has 0 radical (unpaired) electrons. The zero-order valence-corrected chi connectivity index (χ0v) is 9.56. The maximum atomic E-state index is 10.9. The van der Waals surface area contributed by atoms with Gasteiger partial charge < -0.3 is 9.84 Å². The van der Waals surface area contributed by atoms with Gasteiger partial charge in [0.25, 0.3) is 0 Å². The van der Waals surface area contributed by atoms with Crippen LogP contribution >= 0.6 is 0 Å². The van der Waals surface area contributed by atoms with Gasteiger partial charge in [-0.2, -0.15) is 0 Å². The Labute approximate surface area is 96.1 Å². The lowest BCUT2D eigenvalue weighted by atomic mass is 10.1. The zero-order chi connectivity index (χ0) is 11.8. The fraction of sp³-hybridized carbons (Fsp3) is 0.462. The van der Waals surface area contributed by atoms with Gasteiger partial charge in [0.05, 0.1) is 6.61 Å². The van der Waals surface area contributed by atoms with Crippen LogP contribution in [0.4, 0.5) is 0 Å². The molecule has 1 aromatic carbocycles. The van der Waals surface area contributed by atoms with Crippen molar-refractivity contribution in [2.75, 3.05) is 0 Å². The second-order valence-electron chi connectivity index (χ2n) is 3.77. The van der Waals surface area contributed by atoms with Crippen LogP contribution in [0.25, 0.3) is 0 Å². The molecule has 0 aliphatic rings. The number of benzene rings is 1. The topological polar surface area (TPSA) is 46.5 Å². The van der Waals surface area contributed by atoms with E-state index in [0.29, 0.717) is 13.0 Å². The monoisotopic (exact) mass is 222 g/mol. The summed E-state index contributed by atoms with van der Waals surface area (Å²) in [5, 5.41) is 8.95. The molecule has 0 fully saturated rings. The van der Waals surface area contributed by atoms with Crippen molar-refractivity contribution in [1.82, 2.24) is 0 Å². The zero-order valence-electron chi connectivity index (χ0n) is 9.56. The predicted octanol–water partition coefficient (Wildman–Crippen LogP) is 2.85. The smallest absolute Gasteiger partial charge is 0.332 e. The molecule has 3 heteroatoms. The van der Waals surface area contributed by atoms with Gasteiger partial charge in [0.1, 0.15) is 0 Å².